The molecule has 1 aliphatic heterocycles. The Morgan fingerprint density at radius 2 is 2.06 bits per heavy atom. The van der Waals surface area contributed by atoms with Crippen molar-refractivity contribution in [3.8, 4) is 0 Å². The Labute approximate surface area is 108 Å². The first kappa shape index (κ1) is 12.9. The van der Waals surface area contributed by atoms with Gasteiger partial charge in [0.05, 0.1) is 0 Å². The summed E-state index contributed by atoms with van der Waals surface area (Å²) in [5, 5.41) is 14.7. The fourth-order valence-electron chi connectivity index (χ4n) is 1.94. The molecule has 0 spiro atoms. The fraction of sp³-hybridized carbons (Fsp3) is 0.500. The van der Waals surface area contributed by atoms with Crippen LogP contribution in [0.2, 0.25) is 0 Å². The number of rotatable bonds is 5. The van der Waals surface area contributed by atoms with Crippen LogP contribution < -0.4 is 0 Å². The van der Waals surface area contributed by atoms with E-state index in [1.807, 2.05) is 30.3 Å². The molecule has 0 aromatic heterocycles. The number of hydrogen-bond donors (Lipinski definition) is 1. The van der Waals surface area contributed by atoms with Crippen molar-refractivity contribution in [3.05, 3.63) is 35.9 Å². The van der Waals surface area contributed by atoms with Crippen molar-refractivity contribution in [2.75, 3.05) is 0 Å². The molecule has 0 saturated heterocycles. The van der Waals surface area contributed by atoms with Gasteiger partial charge in [-0.2, -0.15) is 0 Å². The summed E-state index contributed by atoms with van der Waals surface area (Å²) in [6.45, 7) is 4.39. The first-order valence-corrected chi connectivity index (χ1v) is 6.45. The third-order valence-corrected chi connectivity index (χ3v) is 2.95. The van der Waals surface area contributed by atoms with Crippen molar-refractivity contribution in [1.29, 1.82) is 0 Å². The molecule has 1 atom stereocenters. The van der Waals surface area contributed by atoms with Crippen molar-refractivity contribution < 1.29 is 9.94 Å². The Morgan fingerprint density at radius 3 is 2.72 bits per heavy atom. The average molecular weight is 248 g/mol. The van der Waals surface area contributed by atoms with Gasteiger partial charge in [-0.3, -0.25) is 5.21 Å². The minimum Gasteiger partial charge on any atom is -0.448 e. The van der Waals surface area contributed by atoms with Crippen LogP contribution in [0.1, 0.15) is 38.7 Å². The van der Waals surface area contributed by atoms with Crippen LogP contribution in [0.25, 0.3) is 0 Å². The highest BCUT2D eigenvalue weighted by atomic mass is 16.6. The molecule has 0 radical (unpaired) electrons. The summed E-state index contributed by atoms with van der Waals surface area (Å²) in [5.74, 6) is 1.17. The number of nitrogens with zero attached hydrogens (tertiary/aromatic N) is 2. The lowest BCUT2D eigenvalue weighted by Gasteiger charge is -2.16. The van der Waals surface area contributed by atoms with Gasteiger partial charge in [0.2, 0.25) is 12.1 Å². The van der Waals surface area contributed by atoms with Crippen LogP contribution in [0.15, 0.2) is 35.4 Å². The van der Waals surface area contributed by atoms with Crippen molar-refractivity contribution in [3.63, 3.8) is 0 Å². The summed E-state index contributed by atoms with van der Waals surface area (Å²) in [4.78, 5) is 0. The molecule has 0 amide bonds. The maximum atomic E-state index is 9.71. The minimum absolute atomic E-state index is 0.348. The fourth-order valence-corrected chi connectivity index (χ4v) is 1.94. The van der Waals surface area contributed by atoms with Crippen LogP contribution in [-0.4, -0.2) is 22.5 Å². The number of hydrazone groups is 1. The topological polar surface area (TPSA) is 45.1 Å². The smallest absolute Gasteiger partial charge is 0.242 e. The van der Waals surface area contributed by atoms with Gasteiger partial charge in [0.25, 0.3) is 0 Å². The van der Waals surface area contributed by atoms with Gasteiger partial charge in [-0.15, -0.1) is 10.3 Å². The lowest BCUT2D eigenvalue weighted by Crippen LogP contribution is -2.25. The van der Waals surface area contributed by atoms with E-state index in [1.165, 1.54) is 0 Å². The molecule has 4 heteroatoms. The molecule has 0 aliphatic carbocycles. The van der Waals surface area contributed by atoms with E-state index in [-0.39, 0.29) is 6.23 Å². The minimum atomic E-state index is -0.348. The normalized spacial score (nSPS) is 19.0. The van der Waals surface area contributed by atoms with Gasteiger partial charge in [0.15, 0.2) is 0 Å². The molecule has 1 aliphatic rings. The summed E-state index contributed by atoms with van der Waals surface area (Å²) in [6, 6.07) is 9.63. The summed E-state index contributed by atoms with van der Waals surface area (Å²) >= 11 is 0. The van der Waals surface area contributed by atoms with Gasteiger partial charge in [-0.05, 0) is 24.5 Å². The van der Waals surface area contributed by atoms with E-state index in [2.05, 4.69) is 18.9 Å². The van der Waals surface area contributed by atoms with Gasteiger partial charge in [0.1, 0.15) is 0 Å². The highest BCUT2D eigenvalue weighted by molar-refractivity contribution is 5.94. The van der Waals surface area contributed by atoms with Gasteiger partial charge >= 0.3 is 0 Å². The molecule has 0 fully saturated rings. The molecule has 0 saturated carbocycles. The molecule has 18 heavy (non-hydrogen) atoms. The molecule has 1 N–H and O–H groups in total. The molecule has 1 unspecified atom stereocenters. The molecule has 1 aromatic rings. The molecule has 1 heterocycles. The van der Waals surface area contributed by atoms with E-state index in [1.54, 1.807) is 0 Å². The lowest BCUT2D eigenvalue weighted by molar-refractivity contribution is -0.169. The van der Waals surface area contributed by atoms with E-state index in [0.717, 1.165) is 30.0 Å². The third kappa shape index (κ3) is 3.23. The number of ether oxygens (including phenoxy) is 1. The van der Waals surface area contributed by atoms with Gasteiger partial charge in [0, 0.05) is 12.0 Å². The molecule has 0 bridgehead atoms. The van der Waals surface area contributed by atoms with Gasteiger partial charge in [-0.25, -0.2) is 0 Å². The Balaban J connectivity index is 1.89. The predicted octanol–water partition coefficient (Wildman–Crippen LogP) is 3.22. The Kier molecular flexibility index (Phi) is 4.20. The third-order valence-electron chi connectivity index (χ3n) is 2.95. The second-order valence-electron chi connectivity index (χ2n) is 4.99. The average Bonchev–Trinajstić information content (AvgIpc) is 2.72. The zero-order valence-electron chi connectivity index (χ0n) is 10.9. The molecular formula is C14H20N2O2. The van der Waals surface area contributed by atoms with E-state index in [9.17, 15) is 5.21 Å². The van der Waals surface area contributed by atoms with Crippen molar-refractivity contribution in [1.82, 2.24) is 5.17 Å². The summed E-state index contributed by atoms with van der Waals surface area (Å²) < 4.78 is 5.67. The number of benzene rings is 1. The standard InChI is InChI=1S/C14H20N2O2/c1-11(2)7-6-10-13-16(17)15-14(18-13)12-8-4-3-5-9-12/h3-5,8-9,11,13,17H,6-7,10H2,1-2H3. The predicted molar refractivity (Wildman–Crippen MR) is 70.2 cm³/mol. The molecule has 4 nitrogen and oxygen atoms in total. The highest BCUT2D eigenvalue weighted by Crippen LogP contribution is 2.20. The van der Waals surface area contributed by atoms with E-state index in [4.69, 9.17) is 4.74 Å². The Bertz CT molecular complexity index is 404. The van der Waals surface area contributed by atoms with Crippen LogP contribution in [0.3, 0.4) is 0 Å². The van der Waals surface area contributed by atoms with Crippen LogP contribution in [0.5, 0.6) is 0 Å². The van der Waals surface area contributed by atoms with Crippen molar-refractivity contribution in [2.45, 2.75) is 39.3 Å². The van der Waals surface area contributed by atoms with Crippen molar-refractivity contribution in [2.24, 2.45) is 11.0 Å². The van der Waals surface area contributed by atoms with Crippen LogP contribution >= 0.6 is 0 Å². The summed E-state index contributed by atoms with van der Waals surface area (Å²) in [6.07, 6.45) is 2.60. The highest BCUT2D eigenvalue weighted by Gasteiger charge is 2.27. The van der Waals surface area contributed by atoms with E-state index in [0.29, 0.717) is 11.8 Å². The second-order valence-corrected chi connectivity index (χ2v) is 4.99. The monoisotopic (exact) mass is 248 g/mol. The van der Waals surface area contributed by atoms with E-state index < -0.39 is 0 Å². The first-order chi connectivity index (χ1) is 8.66. The largest absolute Gasteiger partial charge is 0.448 e. The van der Waals surface area contributed by atoms with Crippen LogP contribution in [-0.2, 0) is 4.74 Å². The maximum absolute atomic E-state index is 9.71. The van der Waals surface area contributed by atoms with Gasteiger partial charge in [-0.1, -0.05) is 38.5 Å². The Morgan fingerprint density at radius 1 is 1.33 bits per heavy atom. The van der Waals surface area contributed by atoms with Crippen LogP contribution in [0.4, 0.5) is 0 Å². The Hall–Kier alpha value is -1.55. The van der Waals surface area contributed by atoms with E-state index >= 15 is 0 Å². The lowest BCUT2D eigenvalue weighted by atomic mass is 10.1. The summed E-state index contributed by atoms with van der Waals surface area (Å²) in [7, 11) is 0. The van der Waals surface area contributed by atoms with Crippen molar-refractivity contribution >= 4 is 5.90 Å². The number of hydrogen-bond acceptors (Lipinski definition) is 4. The molecule has 98 valence electrons. The molecular weight excluding hydrogens is 228 g/mol. The van der Waals surface area contributed by atoms with Gasteiger partial charge < -0.3 is 4.74 Å². The number of hydroxylamine groups is 1. The van der Waals surface area contributed by atoms with Crippen LogP contribution in [0, 0.1) is 5.92 Å². The summed E-state index contributed by atoms with van der Waals surface area (Å²) in [5.41, 5.74) is 0.892. The maximum Gasteiger partial charge on any atom is 0.242 e. The zero-order chi connectivity index (χ0) is 13.0. The first-order valence-electron chi connectivity index (χ1n) is 6.45. The second kappa shape index (κ2) is 5.87. The SMILES string of the molecule is CC(C)CCCC1OC(c2ccccc2)=NN1O. The molecule has 1 aromatic carbocycles. The molecule has 2 rings (SSSR count). The quantitative estimate of drug-likeness (QED) is 0.870. The zero-order valence-corrected chi connectivity index (χ0v) is 10.9.